The first-order valence-electron chi connectivity index (χ1n) is 8.28. The Morgan fingerprint density at radius 3 is 2.68 bits per heavy atom. The SMILES string of the molecule is CCC1CCCCN1C(=O)C(C)N(C)Cc1ccc(Cl)cc1. The van der Waals surface area contributed by atoms with Gasteiger partial charge in [0.05, 0.1) is 6.04 Å². The number of rotatable bonds is 5. The number of benzene rings is 1. The van der Waals surface area contributed by atoms with Gasteiger partial charge in [-0.15, -0.1) is 0 Å². The molecular formula is C18H27ClN2O. The lowest BCUT2D eigenvalue weighted by Crippen LogP contribution is -2.51. The number of amides is 1. The summed E-state index contributed by atoms with van der Waals surface area (Å²) in [6.07, 6.45) is 4.59. The number of likely N-dealkylation sites (N-methyl/N-ethyl adjacent to an activating group) is 1. The zero-order valence-corrected chi connectivity index (χ0v) is 14.6. The first-order chi connectivity index (χ1) is 10.5. The van der Waals surface area contributed by atoms with Crippen molar-refractivity contribution in [2.24, 2.45) is 0 Å². The molecule has 1 amide bonds. The Labute approximate surface area is 139 Å². The van der Waals surface area contributed by atoms with Crippen molar-refractivity contribution in [2.45, 2.75) is 58.2 Å². The standard InChI is InChI=1S/C18H27ClN2O/c1-4-17-7-5-6-12-21(17)18(22)14(2)20(3)13-15-8-10-16(19)11-9-15/h8-11,14,17H,4-7,12-13H2,1-3H3. The number of hydrogen-bond donors (Lipinski definition) is 0. The van der Waals surface area contributed by atoms with Gasteiger partial charge in [-0.2, -0.15) is 0 Å². The molecule has 0 bridgehead atoms. The molecule has 2 unspecified atom stereocenters. The molecule has 1 fully saturated rings. The van der Waals surface area contributed by atoms with E-state index < -0.39 is 0 Å². The second kappa shape index (κ2) is 7.98. The normalized spacial score (nSPS) is 20.2. The molecule has 2 atom stereocenters. The molecule has 22 heavy (non-hydrogen) atoms. The Bertz CT molecular complexity index is 488. The molecule has 0 saturated carbocycles. The monoisotopic (exact) mass is 322 g/mol. The lowest BCUT2D eigenvalue weighted by atomic mass is 9.99. The summed E-state index contributed by atoms with van der Waals surface area (Å²) < 4.78 is 0. The highest BCUT2D eigenvalue weighted by Crippen LogP contribution is 2.21. The minimum absolute atomic E-state index is 0.0946. The minimum Gasteiger partial charge on any atom is -0.338 e. The van der Waals surface area contributed by atoms with Gasteiger partial charge in [-0.05, 0) is 57.4 Å². The van der Waals surface area contributed by atoms with E-state index in [1.807, 2.05) is 38.2 Å². The highest BCUT2D eigenvalue weighted by Gasteiger charge is 2.30. The third kappa shape index (κ3) is 4.23. The van der Waals surface area contributed by atoms with E-state index in [1.54, 1.807) is 0 Å². The van der Waals surface area contributed by atoms with Crippen molar-refractivity contribution >= 4 is 17.5 Å². The largest absolute Gasteiger partial charge is 0.338 e. The molecule has 0 spiro atoms. The highest BCUT2D eigenvalue weighted by atomic mass is 35.5. The minimum atomic E-state index is -0.0946. The zero-order chi connectivity index (χ0) is 16.1. The van der Waals surface area contributed by atoms with Crippen LogP contribution in [0.5, 0.6) is 0 Å². The molecule has 0 N–H and O–H groups in total. The number of carbonyl (C=O) groups excluding carboxylic acids is 1. The molecule has 3 nitrogen and oxygen atoms in total. The molecule has 0 aromatic heterocycles. The second-order valence-corrected chi connectivity index (χ2v) is 6.74. The molecule has 1 aromatic carbocycles. The fourth-order valence-electron chi connectivity index (χ4n) is 3.16. The van der Waals surface area contributed by atoms with Crippen LogP contribution in [0.4, 0.5) is 0 Å². The van der Waals surface area contributed by atoms with Crippen LogP contribution >= 0.6 is 11.6 Å². The molecule has 0 radical (unpaired) electrons. The van der Waals surface area contributed by atoms with E-state index in [2.05, 4.69) is 16.7 Å². The Morgan fingerprint density at radius 1 is 1.36 bits per heavy atom. The van der Waals surface area contributed by atoms with Crippen molar-refractivity contribution in [3.63, 3.8) is 0 Å². The van der Waals surface area contributed by atoms with Crippen LogP contribution in [-0.4, -0.2) is 41.4 Å². The van der Waals surface area contributed by atoms with Crippen LogP contribution in [0.25, 0.3) is 0 Å². The average Bonchev–Trinajstić information content (AvgIpc) is 2.55. The van der Waals surface area contributed by atoms with E-state index in [1.165, 1.54) is 12.0 Å². The fourth-order valence-corrected chi connectivity index (χ4v) is 3.28. The smallest absolute Gasteiger partial charge is 0.239 e. The molecule has 1 aliphatic rings. The molecule has 0 aliphatic carbocycles. The van der Waals surface area contributed by atoms with Crippen LogP contribution in [0.2, 0.25) is 5.02 Å². The molecule has 1 heterocycles. The van der Waals surface area contributed by atoms with Crippen LogP contribution in [0, 0.1) is 0 Å². The zero-order valence-electron chi connectivity index (χ0n) is 13.9. The fraction of sp³-hybridized carbons (Fsp3) is 0.611. The van der Waals surface area contributed by atoms with Gasteiger partial charge in [0.15, 0.2) is 0 Å². The van der Waals surface area contributed by atoms with Gasteiger partial charge in [-0.25, -0.2) is 0 Å². The molecule has 4 heteroatoms. The Morgan fingerprint density at radius 2 is 2.05 bits per heavy atom. The first kappa shape index (κ1) is 17.3. The summed E-state index contributed by atoms with van der Waals surface area (Å²) in [4.78, 5) is 17.0. The number of hydrogen-bond acceptors (Lipinski definition) is 2. The van der Waals surface area contributed by atoms with Crippen molar-refractivity contribution < 1.29 is 4.79 Å². The van der Waals surface area contributed by atoms with Gasteiger partial charge in [0.25, 0.3) is 0 Å². The summed E-state index contributed by atoms with van der Waals surface area (Å²) >= 11 is 5.92. The summed E-state index contributed by atoms with van der Waals surface area (Å²) in [5.41, 5.74) is 1.18. The molecule has 1 saturated heterocycles. The predicted molar refractivity (Wildman–Crippen MR) is 92.0 cm³/mol. The van der Waals surface area contributed by atoms with E-state index in [9.17, 15) is 4.79 Å². The van der Waals surface area contributed by atoms with Crippen molar-refractivity contribution in [1.29, 1.82) is 0 Å². The number of piperidine rings is 1. The van der Waals surface area contributed by atoms with E-state index in [-0.39, 0.29) is 11.9 Å². The second-order valence-electron chi connectivity index (χ2n) is 6.31. The molecule has 1 aliphatic heterocycles. The highest BCUT2D eigenvalue weighted by molar-refractivity contribution is 6.30. The van der Waals surface area contributed by atoms with Gasteiger partial charge >= 0.3 is 0 Å². The van der Waals surface area contributed by atoms with E-state index in [4.69, 9.17) is 11.6 Å². The maximum Gasteiger partial charge on any atom is 0.239 e. The maximum absolute atomic E-state index is 12.8. The van der Waals surface area contributed by atoms with Crippen molar-refractivity contribution in [2.75, 3.05) is 13.6 Å². The summed E-state index contributed by atoms with van der Waals surface area (Å²) in [5, 5.41) is 0.745. The third-order valence-corrected chi connectivity index (χ3v) is 5.00. The molecule has 2 rings (SSSR count). The van der Waals surface area contributed by atoms with Crippen molar-refractivity contribution in [1.82, 2.24) is 9.80 Å². The van der Waals surface area contributed by atoms with E-state index in [0.29, 0.717) is 6.04 Å². The predicted octanol–water partition coefficient (Wildman–Crippen LogP) is 3.95. The quantitative estimate of drug-likeness (QED) is 0.819. The maximum atomic E-state index is 12.8. The number of nitrogens with zero attached hydrogens (tertiary/aromatic N) is 2. The Kier molecular flexibility index (Phi) is 6.27. The van der Waals surface area contributed by atoms with Gasteiger partial charge in [0, 0.05) is 24.2 Å². The van der Waals surface area contributed by atoms with Crippen molar-refractivity contribution in [3.05, 3.63) is 34.9 Å². The number of likely N-dealkylation sites (tertiary alicyclic amines) is 1. The Balaban J connectivity index is 1.98. The van der Waals surface area contributed by atoms with Gasteiger partial charge < -0.3 is 4.90 Å². The van der Waals surface area contributed by atoms with Crippen molar-refractivity contribution in [3.8, 4) is 0 Å². The van der Waals surface area contributed by atoms with Gasteiger partial charge in [0.1, 0.15) is 0 Å². The number of halogens is 1. The van der Waals surface area contributed by atoms with Crippen LogP contribution in [0.3, 0.4) is 0 Å². The topological polar surface area (TPSA) is 23.6 Å². The lowest BCUT2D eigenvalue weighted by molar-refractivity contribution is -0.140. The summed E-state index contributed by atoms with van der Waals surface area (Å²) in [5.74, 6) is 0.267. The van der Waals surface area contributed by atoms with Crippen LogP contribution in [0.1, 0.15) is 45.1 Å². The molecule has 1 aromatic rings. The molecule has 122 valence electrons. The van der Waals surface area contributed by atoms with Crippen LogP contribution in [0.15, 0.2) is 24.3 Å². The molecular weight excluding hydrogens is 296 g/mol. The van der Waals surface area contributed by atoms with Gasteiger partial charge in [-0.3, -0.25) is 9.69 Å². The summed E-state index contributed by atoms with van der Waals surface area (Å²) in [6, 6.07) is 8.16. The van der Waals surface area contributed by atoms with Gasteiger partial charge in [-0.1, -0.05) is 30.7 Å². The lowest BCUT2D eigenvalue weighted by Gasteiger charge is -2.38. The Hall–Kier alpha value is -1.06. The van der Waals surface area contributed by atoms with Crippen LogP contribution < -0.4 is 0 Å². The third-order valence-electron chi connectivity index (χ3n) is 4.75. The number of carbonyl (C=O) groups is 1. The summed E-state index contributed by atoms with van der Waals surface area (Å²) in [7, 11) is 2.02. The summed E-state index contributed by atoms with van der Waals surface area (Å²) in [6.45, 7) is 5.86. The average molecular weight is 323 g/mol. The van der Waals surface area contributed by atoms with Crippen LogP contribution in [-0.2, 0) is 11.3 Å². The first-order valence-corrected chi connectivity index (χ1v) is 8.66. The van der Waals surface area contributed by atoms with E-state index in [0.717, 1.165) is 37.4 Å². The van der Waals surface area contributed by atoms with E-state index >= 15 is 0 Å². The van der Waals surface area contributed by atoms with Gasteiger partial charge in [0.2, 0.25) is 5.91 Å².